The molecule has 0 aromatic carbocycles. The monoisotopic (exact) mass is 274 g/mol. The molecule has 1 aromatic rings. The van der Waals surface area contributed by atoms with E-state index in [1.165, 1.54) is 30.6 Å². The van der Waals surface area contributed by atoms with Gasteiger partial charge in [0.25, 0.3) is 0 Å². The quantitative estimate of drug-likeness (QED) is 0.199. The number of nitrogens with one attached hydrogen (secondary N) is 1. The van der Waals surface area contributed by atoms with E-state index >= 15 is 0 Å². The maximum absolute atomic E-state index is 10.9. The van der Waals surface area contributed by atoms with Crippen molar-refractivity contribution >= 4 is 35.3 Å². The lowest BCUT2D eigenvalue weighted by atomic mass is 10.5. The van der Waals surface area contributed by atoms with Gasteiger partial charge in [-0.2, -0.15) is 0 Å². The Morgan fingerprint density at radius 3 is 2.94 bits per heavy atom. The summed E-state index contributed by atoms with van der Waals surface area (Å²) in [5, 5.41) is 1.42. The fourth-order valence-corrected chi connectivity index (χ4v) is 2.24. The van der Waals surface area contributed by atoms with E-state index < -0.39 is 0 Å². The summed E-state index contributed by atoms with van der Waals surface area (Å²) < 4.78 is 4.56. The van der Waals surface area contributed by atoms with Gasteiger partial charge in [0.15, 0.2) is 5.16 Å². The van der Waals surface area contributed by atoms with Crippen molar-refractivity contribution in [1.82, 2.24) is 9.97 Å². The third-order valence-electron chi connectivity index (χ3n) is 1.80. The van der Waals surface area contributed by atoms with E-state index in [1.807, 2.05) is 6.26 Å². The second-order valence-electron chi connectivity index (χ2n) is 2.90. The highest BCUT2D eigenvalue weighted by atomic mass is 32.2. The third-order valence-corrected chi connectivity index (χ3v) is 3.26. The maximum atomic E-state index is 10.9. The predicted molar refractivity (Wildman–Crippen MR) is 69.0 cm³/mol. The molecule has 8 heteroatoms. The average Bonchev–Trinajstić information content (AvgIpc) is 2.37. The van der Waals surface area contributed by atoms with Gasteiger partial charge in [-0.05, 0) is 6.26 Å². The van der Waals surface area contributed by atoms with E-state index in [9.17, 15) is 4.79 Å². The van der Waals surface area contributed by atoms with Crippen LogP contribution in [-0.2, 0) is 9.53 Å². The highest BCUT2D eigenvalue weighted by Gasteiger charge is 2.05. The van der Waals surface area contributed by atoms with Crippen LogP contribution in [0.15, 0.2) is 16.2 Å². The minimum Gasteiger partial charge on any atom is -0.469 e. The summed E-state index contributed by atoms with van der Waals surface area (Å²) in [5.74, 6) is 6.25. The SMILES string of the molecule is COC(=O)CCSc1cc(NN)nc(SC)n1. The molecule has 1 rings (SSSR count). The van der Waals surface area contributed by atoms with Gasteiger partial charge in [-0.25, -0.2) is 15.8 Å². The minimum atomic E-state index is -0.228. The molecule has 1 aromatic heterocycles. The zero-order valence-corrected chi connectivity index (χ0v) is 11.2. The summed E-state index contributed by atoms with van der Waals surface area (Å²) in [6, 6.07) is 1.74. The molecule has 6 nitrogen and oxygen atoms in total. The molecule has 17 heavy (non-hydrogen) atoms. The largest absolute Gasteiger partial charge is 0.469 e. The molecule has 94 valence electrons. The first-order chi connectivity index (χ1) is 8.19. The van der Waals surface area contributed by atoms with E-state index in [0.717, 1.165) is 5.03 Å². The normalized spacial score (nSPS) is 10.1. The van der Waals surface area contributed by atoms with Crippen LogP contribution < -0.4 is 11.3 Å². The summed E-state index contributed by atoms with van der Waals surface area (Å²) in [6.07, 6.45) is 2.24. The second kappa shape index (κ2) is 7.36. The summed E-state index contributed by atoms with van der Waals surface area (Å²) in [7, 11) is 1.37. The van der Waals surface area contributed by atoms with Gasteiger partial charge in [-0.1, -0.05) is 11.8 Å². The number of hydrogen-bond donors (Lipinski definition) is 2. The van der Waals surface area contributed by atoms with E-state index in [2.05, 4.69) is 20.1 Å². The lowest BCUT2D eigenvalue weighted by molar-refractivity contribution is -0.140. The van der Waals surface area contributed by atoms with Crippen molar-refractivity contribution in [2.45, 2.75) is 16.6 Å². The van der Waals surface area contributed by atoms with Crippen molar-refractivity contribution in [2.75, 3.05) is 24.5 Å². The highest BCUT2D eigenvalue weighted by molar-refractivity contribution is 7.99. The summed E-state index contributed by atoms with van der Waals surface area (Å²) >= 11 is 2.90. The van der Waals surface area contributed by atoms with Crippen LogP contribution in [0.4, 0.5) is 5.82 Å². The standard InChI is InChI=1S/C9H14N4O2S2/c1-15-8(14)3-4-17-7-5-6(13-10)11-9(12-7)16-2/h5H,3-4,10H2,1-2H3,(H,11,12,13). The molecule has 0 bridgehead atoms. The Balaban J connectivity index is 2.60. The van der Waals surface area contributed by atoms with Crippen LogP contribution in [0.5, 0.6) is 0 Å². The van der Waals surface area contributed by atoms with Crippen LogP contribution in [0, 0.1) is 0 Å². The van der Waals surface area contributed by atoms with Crippen LogP contribution in [-0.4, -0.2) is 35.1 Å². The number of hydrazine groups is 1. The van der Waals surface area contributed by atoms with Gasteiger partial charge in [0.05, 0.1) is 13.5 Å². The molecule has 0 aliphatic carbocycles. The molecule has 0 saturated carbocycles. The smallest absolute Gasteiger partial charge is 0.306 e. The molecule has 0 unspecified atom stereocenters. The number of carbonyl (C=O) groups is 1. The predicted octanol–water partition coefficient (Wildman–Crippen LogP) is 1.14. The summed E-state index contributed by atoms with van der Waals surface area (Å²) in [5.41, 5.74) is 2.48. The van der Waals surface area contributed by atoms with Gasteiger partial charge in [-0.3, -0.25) is 4.79 Å². The third kappa shape index (κ3) is 4.80. The fraction of sp³-hybridized carbons (Fsp3) is 0.444. The maximum Gasteiger partial charge on any atom is 0.306 e. The first-order valence-electron chi connectivity index (χ1n) is 4.79. The number of anilines is 1. The number of nitrogens with two attached hydrogens (primary N) is 1. The molecule has 0 aliphatic rings. The van der Waals surface area contributed by atoms with Crippen LogP contribution in [0.25, 0.3) is 0 Å². The molecule has 0 radical (unpaired) electrons. The molecule has 0 atom stereocenters. The second-order valence-corrected chi connectivity index (χ2v) is 4.79. The Morgan fingerprint density at radius 2 is 2.35 bits per heavy atom. The summed E-state index contributed by atoms with van der Waals surface area (Å²) in [6.45, 7) is 0. The molecule has 0 fully saturated rings. The number of hydrogen-bond acceptors (Lipinski definition) is 8. The van der Waals surface area contributed by atoms with Gasteiger partial charge in [-0.15, -0.1) is 11.8 Å². The zero-order chi connectivity index (χ0) is 12.7. The molecule has 0 saturated heterocycles. The van der Waals surface area contributed by atoms with Gasteiger partial charge >= 0.3 is 5.97 Å². The molecule has 1 heterocycles. The molecule has 0 spiro atoms. The first kappa shape index (κ1) is 14.1. The highest BCUT2D eigenvalue weighted by Crippen LogP contribution is 2.22. The van der Waals surface area contributed by atoms with Gasteiger partial charge in [0.1, 0.15) is 10.8 Å². The number of thioether (sulfide) groups is 2. The van der Waals surface area contributed by atoms with Crippen LogP contribution in [0.2, 0.25) is 0 Å². The van der Waals surface area contributed by atoms with E-state index in [0.29, 0.717) is 23.1 Å². The van der Waals surface area contributed by atoms with Gasteiger partial charge in [0, 0.05) is 11.8 Å². The lowest BCUT2D eigenvalue weighted by Gasteiger charge is -2.05. The Kier molecular flexibility index (Phi) is 6.09. The van der Waals surface area contributed by atoms with Crippen molar-refractivity contribution in [2.24, 2.45) is 5.84 Å². The van der Waals surface area contributed by atoms with E-state index in [4.69, 9.17) is 5.84 Å². The number of nitrogen functional groups attached to an aromatic ring is 1. The molecular formula is C9H14N4O2S2. The summed E-state index contributed by atoms with van der Waals surface area (Å²) in [4.78, 5) is 19.4. The molecular weight excluding hydrogens is 260 g/mol. The minimum absolute atomic E-state index is 0.228. The Bertz CT molecular complexity index is 367. The van der Waals surface area contributed by atoms with Crippen molar-refractivity contribution in [3.05, 3.63) is 6.07 Å². The van der Waals surface area contributed by atoms with Crippen molar-refractivity contribution < 1.29 is 9.53 Å². The van der Waals surface area contributed by atoms with E-state index in [-0.39, 0.29) is 5.97 Å². The van der Waals surface area contributed by atoms with Crippen LogP contribution >= 0.6 is 23.5 Å². The fourth-order valence-electron chi connectivity index (χ4n) is 0.984. The van der Waals surface area contributed by atoms with Crippen molar-refractivity contribution in [3.8, 4) is 0 Å². The lowest BCUT2D eigenvalue weighted by Crippen LogP contribution is -2.09. The Labute approximate surface area is 108 Å². The van der Waals surface area contributed by atoms with E-state index in [1.54, 1.807) is 6.07 Å². The number of aromatic nitrogens is 2. The number of carbonyl (C=O) groups excluding carboxylic acids is 1. The Morgan fingerprint density at radius 1 is 1.59 bits per heavy atom. The van der Waals surface area contributed by atoms with Crippen molar-refractivity contribution in [1.29, 1.82) is 0 Å². The average molecular weight is 274 g/mol. The number of nitrogens with zero attached hydrogens (tertiary/aromatic N) is 2. The van der Waals surface area contributed by atoms with Gasteiger partial charge < -0.3 is 10.2 Å². The first-order valence-corrected chi connectivity index (χ1v) is 7.00. The molecule has 0 amide bonds. The molecule has 0 aliphatic heterocycles. The van der Waals surface area contributed by atoms with Crippen molar-refractivity contribution in [3.63, 3.8) is 0 Å². The number of esters is 1. The van der Waals surface area contributed by atoms with Crippen LogP contribution in [0.1, 0.15) is 6.42 Å². The van der Waals surface area contributed by atoms with Gasteiger partial charge in [0.2, 0.25) is 0 Å². The number of methoxy groups -OCH3 is 1. The number of ether oxygens (including phenoxy) is 1. The number of rotatable bonds is 6. The topological polar surface area (TPSA) is 90.1 Å². The molecule has 3 N–H and O–H groups in total. The zero-order valence-electron chi connectivity index (χ0n) is 9.60. The Hall–Kier alpha value is -0.990. The van der Waals surface area contributed by atoms with Crippen LogP contribution in [0.3, 0.4) is 0 Å².